The topological polar surface area (TPSA) is 25.8 Å². The van der Waals surface area contributed by atoms with Crippen LogP contribution in [0.15, 0.2) is 19.0 Å². The fourth-order valence-corrected chi connectivity index (χ4v) is 0.754. The molecule has 0 aliphatic rings. The van der Waals surface area contributed by atoms with E-state index in [4.69, 9.17) is 0 Å². The molecule has 0 aliphatic carbocycles. The second-order valence-corrected chi connectivity index (χ2v) is 2.52. The summed E-state index contributed by atoms with van der Waals surface area (Å²) in [5.41, 5.74) is -0.765. The number of hydrogen-bond donors (Lipinski definition) is 0. The molecule has 1 heterocycles. The van der Waals surface area contributed by atoms with E-state index in [1.165, 1.54) is 6.20 Å². The average molecular weight is 188 g/mol. The Morgan fingerprint density at radius 2 is 2.00 bits per heavy atom. The fourth-order valence-electron chi connectivity index (χ4n) is 0.754. The lowest BCUT2D eigenvalue weighted by molar-refractivity contribution is -0.0689. The van der Waals surface area contributed by atoms with Crippen molar-refractivity contribution in [2.75, 3.05) is 0 Å². The Hall–Kier alpha value is -1.39. The third kappa shape index (κ3) is 2.27. The first-order valence-corrected chi connectivity index (χ1v) is 3.46. The van der Waals surface area contributed by atoms with Crippen LogP contribution < -0.4 is 0 Å². The highest BCUT2D eigenvalue weighted by Crippen LogP contribution is 2.30. The largest absolute Gasteiger partial charge is 0.417 e. The van der Waals surface area contributed by atoms with E-state index in [0.29, 0.717) is 5.69 Å². The first-order valence-electron chi connectivity index (χ1n) is 3.46. The van der Waals surface area contributed by atoms with Crippen LogP contribution in [0.2, 0.25) is 0 Å². The highest BCUT2D eigenvalue weighted by atomic mass is 19.4. The zero-order valence-electron chi connectivity index (χ0n) is 6.89. The van der Waals surface area contributed by atoms with E-state index >= 15 is 0 Å². The number of alkyl halides is 3. The number of allylic oxidation sites excluding steroid dienone is 1. The van der Waals surface area contributed by atoms with E-state index in [0.717, 1.165) is 6.20 Å². The third-order valence-corrected chi connectivity index (χ3v) is 1.41. The predicted molar refractivity (Wildman–Crippen MR) is 41.9 cm³/mol. The maximum Gasteiger partial charge on any atom is 0.417 e. The fraction of sp³-hybridized carbons (Fsp3) is 0.250. The lowest BCUT2D eigenvalue weighted by atomic mass is 10.2. The van der Waals surface area contributed by atoms with Gasteiger partial charge in [-0.25, -0.2) is 4.98 Å². The number of halogens is 3. The highest BCUT2D eigenvalue weighted by Gasteiger charge is 2.33. The van der Waals surface area contributed by atoms with Crippen LogP contribution in [0.3, 0.4) is 0 Å². The smallest absolute Gasteiger partial charge is 0.261 e. The normalized spacial score (nSPS) is 11.4. The lowest BCUT2D eigenvalue weighted by Gasteiger charge is -2.08. The van der Waals surface area contributed by atoms with Gasteiger partial charge in [0.1, 0.15) is 0 Å². The van der Waals surface area contributed by atoms with Gasteiger partial charge in [0, 0.05) is 6.20 Å². The molecule has 1 aromatic rings. The molecule has 0 aliphatic heterocycles. The molecule has 70 valence electrons. The van der Waals surface area contributed by atoms with Gasteiger partial charge in [-0.1, -0.05) is 6.58 Å². The van der Waals surface area contributed by atoms with Crippen molar-refractivity contribution in [3.05, 3.63) is 30.4 Å². The van der Waals surface area contributed by atoms with Gasteiger partial charge in [-0.3, -0.25) is 4.98 Å². The Morgan fingerprint density at radius 3 is 2.46 bits per heavy atom. The van der Waals surface area contributed by atoms with Crippen LogP contribution >= 0.6 is 0 Å². The molecule has 0 saturated heterocycles. The van der Waals surface area contributed by atoms with E-state index in [2.05, 4.69) is 16.5 Å². The zero-order valence-corrected chi connectivity index (χ0v) is 6.89. The standard InChI is InChI=1S/C8H7F3N2/c1-5-3-12-4-7(13-5)6(2)8(9,10)11/h3-4H,2H2,1H3. The minimum absolute atomic E-state index is 0.229. The van der Waals surface area contributed by atoms with Gasteiger partial charge >= 0.3 is 6.18 Å². The summed E-state index contributed by atoms with van der Waals surface area (Å²) in [6.07, 6.45) is -2.02. The Bertz CT molecular complexity index is 330. The SMILES string of the molecule is C=C(c1cncc(C)n1)C(F)(F)F. The molecule has 0 N–H and O–H groups in total. The van der Waals surface area contributed by atoms with Crippen LogP contribution in [0.1, 0.15) is 11.4 Å². The minimum atomic E-state index is -4.44. The second-order valence-electron chi connectivity index (χ2n) is 2.52. The van der Waals surface area contributed by atoms with Crippen LogP contribution in [0, 0.1) is 6.92 Å². The molecule has 0 saturated carbocycles. The number of aromatic nitrogens is 2. The third-order valence-electron chi connectivity index (χ3n) is 1.41. The van der Waals surface area contributed by atoms with Crippen molar-refractivity contribution in [2.45, 2.75) is 13.1 Å². The first-order chi connectivity index (χ1) is 5.91. The molecular weight excluding hydrogens is 181 g/mol. The van der Waals surface area contributed by atoms with Gasteiger partial charge in [-0.15, -0.1) is 0 Å². The molecule has 0 unspecified atom stereocenters. The molecule has 0 atom stereocenters. The van der Waals surface area contributed by atoms with Crippen LogP contribution in [-0.2, 0) is 0 Å². The summed E-state index contributed by atoms with van der Waals surface area (Å²) in [4.78, 5) is 7.25. The van der Waals surface area contributed by atoms with Gasteiger partial charge < -0.3 is 0 Å². The molecule has 5 heteroatoms. The van der Waals surface area contributed by atoms with Crippen LogP contribution in [0.5, 0.6) is 0 Å². The van der Waals surface area contributed by atoms with Crippen molar-refractivity contribution in [1.29, 1.82) is 0 Å². The molecule has 1 rings (SSSR count). The van der Waals surface area contributed by atoms with E-state index in [1.807, 2.05) is 0 Å². The number of hydrogen-bond acceptors (Lipinski definition) is 2. The summed E-state index contributed by atoms with van der Waals surface area (Å²) >= 11 is 0. The molecule has 2 nitrogen and oxygen atoms in total. The van der Waals surface area contributed by atoms with Gasteiger partial charge in [0.2, 0.25) is 0 Å². The molecule has 0 radical (unpaired) electrons. The monoisotopic (exact) mass is 188 g/mol. The van der Waals surface area contributed by atoms with Crippen LogP contribution in [0.25, 0.3) is 5.57 Å². The van der Waals surface area contributed by atoms with Gasteiger partial charge in [0.05, 0.1) is 23.2 Å². The maximum atomic E-state index is 12.1. The summed E-state index contributed by atoms with van der Waals surface area (Å²) in [5, 5.41) is 0. The quantitative estimate of drug-likeness (QED) is 0.676. The Labute approximate surface area is 73.1 Å². The van der Waals surface area contributed by atoms with Crippen molar-refractivity contribution in [1.82, 2.24) is 9.97 Å². The Morgan fingerprint density at radius 1 is 1.38 bits per heavy atom. The molecule has 0 spiro atoms. The van der Waals surface area contributed by atoms with E-state index < -0.39 is 11.7 Å². The van der Waals surface area contributed by atoms with E-state index in [9.17, 15) is 13.2 Å². The van der Waals surface area contributed by atoms with E-state index in [1.54, 1.807) is 6.92 Å². The Kier molecular flexibility index (Phi) is 2.36. The summed E-state index contributed by atoms with van der Waals surface area (Å²) in [6.45, 7) is 4.48. The van der Waals surface area contributed by atoms with Crippen LogP contribution in [-0.4, -0.2) is 16.1 Å². The highest BCUT2D eigenvalue weighted by molar-refractivity contribution is 5.63. The summed E-state index contributed by atoms with van der Waals surface area (Å²) in [5.74, 6) is 0. The molecule has 1 aromatic heterocycles. The molecule has 0 aromatic carbocycles. The van der Waals surface area contributed by atoms with E-state index in [-0.39, 0.29) is 5.69 Å². The van der Waals surface area contributed by atoms with Gasteiger partial charge in [-0.2, -0.15) is 13.2 Å². The van der Waals surface area contributed by atoms with Crippen molar-refractivity contribution >= 4 is 5.57 Å². The molecule has 0 bridgehead atoms. The second kappa shape index (κ2) is 3.16. The van der Waals surface area contributed by atoms with Gasteiger partial charge in [-0.05, 0) is 6.92 Å². The molecule has 0 fully saturated rings. The number of aryl methyl sites for hydroxylation is 1. The predicted octanol–water partition coefficient (Wildman–Crippen LogP) is 2.36. The van der Waals surface area contributed by atoms with Gasteiger partial charge in [0.25, 0.3) is 0 Å². The zero-order chi connectivity index (χ0) is 10.1. The molecular formula is C8H7F3N2. The number of nitrogens with zero attached hydrogens (tertiary/aromatic N) is 2. The van der Waals surface area contributed by atoms with Gasteiger partial charge in [0.15, 0.2) is 0 Å². The first kappa shape index (κ1) is 9.70. The van der Waals surface area contributed by atoms with Crippen molar-refractivity contribution < 1.29 is 13.2 Å². The maximum absolute atomic E-state index is 12.1. The van der Waals surface area contributed by atoms with Crippen molar-refractivity contribution in [3.8, 4) is 0 Å². The average Bonchev–Trinajstić information content (AvgIpc) is 2.01. The Balaban J connectivity index is 3.03. The minimum Gasteiger partial charge on any atom is -0.261 e. The lowest BCUT2D eigenvalue weighted by Crippen LogP contribution is -2.11. The molecule has 0 amide bonds. The summed E-state index contributed by atoms with van der Waals surface area (Å²) < 4.78 is 36.3. The van der Waals surface area contributed by atoms with Crippen molar-refractivity contribution in [3.63, 3.8) is 0 Å². The van der Waals surface area contributed by atoms with Crippen LogP contribution in [0.4, 0.5) is 13.2 Å². The summed E-state index contributed by atoms with van der Waals surface area (Å²) in [6, 6.07) is 0. The molecule has 13 heavy (non-hydrogen) atoms. The van der Waals surface area contributed by atoms with Crippen molar-refractivity contribution in [2.24, 2.45) is 0 Å². The summed E-state index contributed by atoms with van der Waals surface area (Å²) in [7, 11) is 0. The number of rotatable bonds is 1.